The second-order valence-corrected chi connectivity index (χ2v) is 5.91. The Hall–Kier alpha value is -3.19. The zero-order valence-electron chi connectivity index (χ0n) is 12.8. The summed E-state index contributed by atoms with van der Waals surface area (Å²) in [5.41, 5.74) is 3.37. The molecule has 2 heterocycles. The van der Waals surface area contributed by atoms with Crippen molar-refractivity contribution in [2.75, 3.05) is 5.32 Å². The molecule has 0 radical (unpaired) electrons. The van der Waals surface area contributed by atoms with Gasteiger partial charge in [0.15, 0.2) is 5.82 Å². The van der Waals surface area contributed by atoms with Gasteiger partial charge in [0.05, 0.1) is 16.6 Å². The number of carbonyl (C=O) groups is 1. The first kappa shape index (κ1) is 15.3. The van der Waals surface area contributed by atoms with Crippen LogP contribution in [0.1, 0.15) is 15.9 Å². The maximum absolute atomic E-state index is 10.9. The molecule has 7 nitrogen and oxygen atoms in total. The summed E-state index contributed by atoms with van der Waals surface area (Å²) < 4.78 is 1.82. The number of hydrogen-bond donors (Lipinski definition) is 2. The Morgan fingerprint density at radius 1 is 1.20 bits per heavy atom. The molecule has 2 aromatic carbocycles. The van der Waals surface area contributed by atoms with Crippen LogP contribution >= 0.6 is 11.6 Å². The first-order valence-corrected chi connectivity index (χ1v) is 7.85. The van der Waals surface area contributed by atoms with Crippen molar-refractivity contribution in [1.29, 1.82) is 0 Å². The van der Waals surface area contributed by atoms with Crippen LogP contribution in [0.15, 0.2) is 48.8 Å². The number of halogens is 1. The number of nitrogens with zero attached hydrogens (tertiary/aromatic N) is 4. The molecule has 0 unspecified atom stereocenters. The maximum atomic E-state index is 10.9. The molecule has 0 atom stereocenters. The first-order chi connectivity index (χ1) is 12.1. The molecule has 0 aliphatic rings. The number of aromatic nitrogens is 4. The Labute approximate surface area is 146 Å². The molecule has 0 bridgehead atoms. The fourth-order valence-corrected chi connectivity index (χ4v) is 2.76. The fraction of sp³-hybridized carbons (Fsp3) is 0.0588. The number of nitrogens with one attached hydrogen (secondary N) is 1. The minimum atomic E-state index is -0.945. The van der Waals surface area contributed by atoms with Crippen LogP contribution < -0.4 is 5.32 Å². The molecule has 4 rings (SSSR count). The molecular formula is C17H12ClN5O2. The highest BCUT2D eigenvalue weighted by molar-refractivity contribution is 6.31. The van der Waals surface area contributed by atoms with Crippen LogP contribution in [0.25, 0.3) is 16.7 Å². The Kier molecular flexibility index (Phi) is 3.70. The van der Waals surface area contributed by atoms with Crippen molar-refractivity contribution in [3.05, 3.63) is 64.9 Å². The minimum Gasteiger partial charge on any atom is -0.478 e. The lowest BCUT2D eigenvalue weighted by molar-refractivity contribution is 0.0697. The number of rotatable bonds is 4. The molecule has 8 heteroatoms. The van der Waals surface area contributed by atoms with Crippen molar-refractivity contribution in [3.63, 3.8) is 0 Å². The standard InChI is InChI=1S/C17H12ClN5O2/c18-12-5-6-13-14(7-12)23-9-20-22-16(23)15(21-13)19-8-10-1-3-11(4-2-10)17(24)25/h1-7,9H,8H2,(H,19,21)(H,24,25). The summed E-state index contributed by atoms with van der Waals surface area (Å²) in [7, 11) is 0. The molecular weight excluding hydrogens is 342 g/mol. The second-order valence-electron chi connectivity index (χ2n) is 5.47. The van der Waals surface area contributed by atoms with Gasteiger partial charge >= 0.3 is 5.97 Å². The molecule has 2 N–H and O–H groups in total. The number of hydrogen-bond acceptors (Lipinski definition) is 5. The topological polar surface area (TPSA) is 92.4 Å². The molecule has 124 valence electrons. The van der Waals surface area contributed by atoms with Crippen LogP contribution in [-0.4, -0.2) is 30.7 Å². The van der Waals surface area contributed by atoms with Gasteiger partial charge in [-0.05, 0) is 35.9 Å². The molecule has 0 aliphatic carbocycles. The van der Waals surface area contributed by atoms with E-state index in [0.29, 0.717) is 23.0 Å². The smallest absolute Gasteiger partial charge is 0.335 e. The van der Waals surface area contributed by atoms with Gasteiger partial charge in [0.1, 0.15) is 6.33 Å². The van der Waals surface area contributed by atoms with E-state index in [0.717, 1.165) is 16.6 Å². The third-order valence-corrected chi connectivity index (χ3v) is 4.08. The summed E-state index contributed by atoms with van der Waals surface area (Å²) in [6.45, 7) is 0.481. The fourth-order valence-electron chi connectivity index (χ4n) is 2.60. The number of carboxylic acids is 1. The minimum absolute atomic E-state index is 0.254. The van der Waals surface area contributed by atoms with Crippen LogP contribution in [-0.2, 0) is 6.54 Å². The lowest BCUT2D eigenvalue weighted by Crippen LogP contribution is -2.05. The van der Waals surface area contributed by atoms with Gasteiger partial charge in [-0.2, -0.15) is 0 Å². The van der Waals surface area contributed by atoms with Crippen molar-refractivity contribution in [2.24, 2.45) is 0 Å². The van der Waals surface area contributed by atoms with E-state index in [2.05, 4.69) is 20.5 Å². The SMILES string of the molecule is O=C(O)c1ccc(CNc2nc3ccc(Cl)cc3n3cnnc23)cc1. The molecule has 0 saturated carbocycles. The Morgan fingerprint density at radius 2 is 2.00 bits per heavy atom. The Bertz CT molecular complexity index is 1090. The summed E-state index contributed by atoms with van der Waals surface area (Å²) >= 11 is 6.06. The summed E-state index contributed by atoms with van der Waals surface area (Å²) in [6, 6.07) is 12.1. The van der Waals surface area contributed by atoms with Gasteiger partial charge in [0.2, 0.25) is 5.65 Å². The Balaban J connectivity index is 1.67. The summed E-state index contributed by atoms with van der Waals surface area (Å²) in [5, 5.41) is 20.9. The lowest BCUT2D eigenvalue weighted by Gasteiger charge is -2.09. The largest absolute Gasteiger partial charge is 0.478 e. The van der Waals surface area contributed by atoms with Gasteiger partial charge in [-0.15, -0.1) is 10.2 Å². The summed E-state index contributed by atoms with van der Waals surface area (Å²) in [4.78, 5) is 15.5. The molecule has 0 aliphatic heterocycles. The van der Waals surface area contributed by atoms with Gasteiger partial charge in [0, 0.05) is 11.6 Å². The van der Waals surface area contributed by atoms with E-state index >= 15 is 0 Å². The number of fused-ring (bicyclic) bond motifs is 3. The van der Waals surface area contributed by atoms with Gasteiger partial charge in [-0.25, -0.2) is 9.78 Å². The molecule has 0 fully saturated rings. The molecule has 0 amide bonds. The van der Waals surface area contributed by atoms with Gasteiger partial charge in [0.25, 0.3) is 0 Å². The first-order valence-electron chi connectivity index (χ1n) is 7.47. The number of benzene rings is 2. The van der Waals surface area contributed by atoms with Crippen LogP contribution in [0.2, 0.25) is 5.02 Å². The average Bonchev–Trinajstić information content (AvgIpc) is 3.10. The van der Waals surface area contributed by atoms with Crippen molar-refractivity contribution in [1.82, 2.24) is 19.6 Å². The average molecular weight is 354 g/mol. The predicted molar refractivity (Wildman–Crippen MR) is 94.0 cm³/mol. The summed E-state index contributed by atoms with van der Waals surface area (Å²) in [6.07, 6.45) is 1.61. The quantitative estimate of drug-likeness (QED) is 0.585. The van der Waals surface area contributed by atoms with E-state index in [1.54, 1.807) is 36.7 Å². The van der Waals surface area contributed by atoms with Crippen molar-refractivity contribution >= 4 is 40.1 Å². The highest BCUT2D eigenvalue weighted by atomic mass is 35.5. The number of carboxylic acid groups (broad SMARTS) is 1. The highest BCUT2D eigenvalue weighted by Crippen LogP contribution is 2.23. The van der Waals surface area contributed by atoms with Crippen LogP contribution in [0.5, 0.6) is 0 Å². The van der Waals surface area contributed by atoms with Gasteiger partial charge < -0.3 is 10.4 Å². The van der Waals surface area contributed by atoms with Crippen molar-refractivity contribution in [3.8, 4) is 0 Å². The van der Waals surface area contributed by atoms with Crippen LogP contribution in [0.4, 0.5) is 5.82 Å². The predicted octanol–water partition coefficient (Wildman–Crippen LogP) is 3.24. The third-order valence-electron chi connectivity index (χ3n) is 3.85. The summed E-state index contributed by atoms with van der Waals surface area (Å²) in [5.74, 6) is -0.353. The van der Waals surface area contributed by atoms with Crippen LogP contribution in [0, 0.1) is 0 Å². The maximum Gasteiger partial charge on any atom is 0.335 e. The van der Waals surface area contributed by atoms with E-state index in [4.69, 9.17) is 16.7 Å². The number of anilines is 1. The molecule has 0 spiro atoms. The Morgan fingerprint density at radius 3 is 2.76 bits per heavy atom. The lowest BCUT2D eigenvalue weighted by atomic mass is 10.1. The van der Waals surface area contributed by atoms with E-state index < -0.39 is 5.97 Å². The van der Waals surface area contributed by atoms with Gasteiger partial charge in [-0.1, -0.05) is 23.7 Å². The van der Waals surface area contributed by atoms with Gasteiger partial charge in [-0.3, -0.25) is 4.40 Å². The zero-order valence-corrected chi connectivity index (χ0v) is 13.6. The molecule has 25 heavy (non-hydrogen) atoms. The zero-order chi connectivity index (χ0) is 17.4. The monoisotopic (exact) mass is 353 g/mol. The molecule has 4 aromatic rings. The van der Waals surface area contributed by atoms with E-state index in [9.17, 15) is 4.79 Å². The van der Waals surface area contributed by atoms with Crippen molar-refractivity contribution < 1.29 is 9.90 Å². The highest BCUT2D eigenvalue weighted by Gasteiger charge is 2.11. The third kappa shape index (κ3) is 2.85. The molecule has 2 aromatic heterocycles. The van der Waals surface area contributed by atoms with E-state index in [-0.39, 0.29) is 5.56 Å². The number of aromatic carboxylic acids is 1. The van der Waals surface area contributed by atoms with E-state index in [1.807, 2.05) is 16.5 Å². The van der Waals surface area contributed by atoms with E-state index in [1.165, 1.54) is 0 Å². The molecule has 0 saturated heterocycles. The normalized spacial score (nSPS) is 11.1. The van der Waals surface area contributed by atoms with Crippen LogP contribution in [0.3, 0.4) is 0 Å². The second kappa shape index (κ2) is 6.03. The van der Waals surface area contributed by atoms with Crippen molar-refractivity contribution in [2.45, 2.75) is 6.54 Å².